The number of hydrogen-bond donors (Lipinski definition) is 2. The molecule has 3 rings (SSSR count). The van der Waals surface area contributed by atoms with Gasteiger partial charge < -0.3 is 10.0 Å². The summed E-state index contributed by atoms with van der Waals surface area (Å²) in [4.78, 5) is 2.20. The van der Waals surface area contributed by atoms with Gasteiger partial charge in [-0.05, 0) is 43.5 Å². The molecule has 4 nitrogen and oxygen atoms in total. The van der Waals surface area contributed by atoms with E-state index in [1.807, 2.05) is 12.4 Å². The summed E-state index contributed by atoms with van der Waals surface area (Å²) < 4.78 is 13.7. The van der Waals surface area contributed by atoms with Crippen molar-refractivity contribution in [1.82, 2.24) is 15.1 Å². The summed E-state index contributed by atoms with van der Waals surface area (Å²) in [6.07, 6.45) is 5.16. The Kier molecular flexibility index (Phi) is 4.31. The summed E-state index contributed by atoms with van der Waals surface area (Å²) >= 11 is 0. The number of nitrogens with zero attached hydrogens (tertiary/aromatic N) is 2. The highest BCUT2D eigenvalue weighted by molar-refractivity contribution is 5.20. The second-order valence-corrected chi connectivity index (χ2v) is 5.64. The molecule has 21 heavy (non-hydrogen) atoms. The Morgan fingerprint density at radius 2 is 2.10 bits per heavy atom. The first-order valence-electron chi connectivity index (χ1n) is 7.37. The van der Waals surface area contributed by atoms with E-state index >= 15 is 0 Å². The van der Waals surface area contributed by atoms with Gasteiger partial charge in [0.15, 0.2) is 0 Å². The van der Waals surface area contributed by atoms with Gasteiger partial charge in [0.2, 0.25) is 0 Å². The molecule has 1 fully saturated rings. The molecule has 1 saturated heterocycles. The van der Waals surface area contributed by atoms with Gasteiger partial charge in [-0.2, -0.15) is 5.10 Å². The second-order valence-electron chi connectivity index (χ2n) is 5.64. The predicted molar refractivity (Wildman–Crippen MR) is 78.4 cm³/mol. The van der Waals surface area contributed by atoms with Crippen molar-refractivity contribution in [3.8, 4) is 0 Å². The molecule has 0 aliphatic carbocycles. The first-order valence-corrected chi connectivity index (χ1v) is 7.37. The molecule has 0 saturated carbocycles. The van der Waals surface area contributed by atoms with Crippen molar-refractivity contribution in [2.75, 3.05) is 19.6 Å². The van der Waals surface area contributed by atoms with Crippen molar-refractivity contribution < 1.29 is 9.50 Å². The Morgan fingerprint density at radius 3 is 2.76 bits per heavy atom. The molecule has 2 aromatic rings. The molecule has 2 N–H and O–H groups in total. The summed E-state index contributed by atoms with van der Waals surface area (Å²) in [7, 11) is 0. The van der Waals surface area contributed by atoms with Crippen LogP contribution in [-0.4, -0.2) is 39.8 Å². The molecular weight excluding hydrogens is 269 g/mol. The zero-order valence-electron chi connectivity index (χ0n) is 11.9. The van der Waals surface area contributed by atoms with Gasteiger partial charge in [-0.3, -0.25) is 5.10 Å². The smallest absolute Gasteiger partial charge is 0.129 e. The Morgan fingerprint density at radius 1 is 1.33 bits per heavy atom. The van der Waals surface area contributed by atoms with Crippen LogP contribution < -0.4 is 0 Å². The van der Waals surface area contributed by atoms with E-state index in [0.717, 1.165) is 25.9 Å². The minimum Gasteiger partial charge on any atom is -0.387 e. The number of rotatable bonds is 4. The Hall–Kier alpha value is -1.72. The van der Waals surface area contributed by atoms with E-state index in [4.69, 9.17) is 0 Å². The van der Waals surface area contributed by atoms with E-state index in [-0.39, 0.29) is 5.82 Å². The van der Waals surface area contributed by atoms with E-state index < -0.39 is 6.10 Å². The summed E-state index contributed by atoms with van der Waals surface area (Å²) in [6, 6.07) is 6.44. The topological polar surface area (TPSA) is 52.1 Å². The van der Waals surface area contributed by atoms with Gasteiger partial charge in [0.1, 0.15) is 5.82 Å². The van der Waals surface area contributed by atoms with Gasteiger partial charge in [0.05, 0.1) is 12.3 Å². The van der Waals surface area contributed by atoms with Crippen LogP contribution in [-0.2, 0) is 0 Å². The Bertz CT molecular complexity index is 565. The monoisotopic (exact) mass is 289 g/mol. The summed E-state index contributed by atoms with van der Waals surface area (Å²) in [5.74, 6) is 0.198. The number of likely N-dealkylation sites (tertiary alicyclic amines) is 1. The predicted octanol–water partition coefficient (Wildman–Crippen LogP) is 2.46. The molecule has 1 aromatic heterocycles. The largest absolute Gasteiger partial charge is 0.387 e. The number of benzene rings is 1. The van der Waals surface area contributed by atoms with Crippen molar-refractivity contribution in [3.05, 3.63) is 53.6 Å². The molecule has 1 aliphatic heterocycles. The third kappa shape index (κ3) is 3.31. The highest BCUT2D eigenvalue weighted by Crippen LogP contribution is 2.28. The van der Waals surface area contributed by atoms with Crippen LogP contribution in [0, 0.1) is 5.82 Å². The zero-order chi connectivity index (χ0) is 14.7. The normalized spacial score (nSPS) is 18.8. The molecule has 0 spiro atoms. The second kappa shape index (κ2) is 6.37. The lowest BCUT2D eigenvalue weighted by Crippen LogP contribution is -2.36. The van der Waals surface area contributed by atoms with Crippen LogP contribution in [0.3, 0.4) is 0 Å². The molecule has 1 aromatic carbocycles. The third-order valence-corrected chi connectivity index (χ3v) is 4.27. The lowest BCUT2D eigenvalue weighted by molar-refractivity contribution is 0.0947. The van der Waals surface area contributed by atoms with Gasteiger partial charge in [-0.25, -0.2) is 4.39 Å². The molecule has 0 unspecified atom stereocenters. The van der Waals surface area contributed by atoms with Crippen LogP contribution in [0.15, 0.2) is 36.7 Å². The van der Waals surface area contributed by atoms with E-state index in [2.05, 4.69) is 15.1 Å². The number of hydrogen-bond acceptors (Lipinski definition) is 3. The molecule has 5 heteroatoms. The number of H-pyrrole nitrogens is 1. The van der Waals surface area contributed by atoms with Gasteiger partial charge in [-0.1, -0.05) is 18.2 Å². The standard InChI is InChI=1S/C16H20FN3O/c17-15-4-2-1-3-14(15)16(21)11-20-7-5-12(6-8-20)13-9-18-19-10-13/h1-4,9-10,12,16,21H,5-8,11H2,(H,18,19)/t16-/m1/s1. The lowest BCUT2D eigenvalue weighted by Gasteiger charge is -2.32. The fourth-order valence-corrected chi connectivity index (χ4v) is 3.02. The Balaban J connectivity index is 1.55. The van der Waals surface area contributed by atoms with Gasteiger partial charge >= 0.3 is 0 Å². The van der Waals surface area contributed by atoms with Gasteiger partial charge in [0.25, 0.3) is 0 Å². The number of aromatic nitrogens is 2. The molecular formula is C16H20FN3O. The first kappa shape index (κ1) is 14.2. The number of aliphatic hydroxyl groups excluding tert-OH is 1. The quantitative estimate of drug-likeness (QED) is 0.909. The van der Waals surface area contributed by atoms with Gasteiger partial charge in [-0.15, -0.1) is 0 Å². The lowest BCUT2D eigenvalue weighted by atomic mass is 9.91. The van der Waals surface area contributed by atoms with E-state index in [9.17, 15) is 9.50 Å². The molecule has 1 aliphatic rings. The summed E-state index contributed by atoms with van der Waals surface area (Å²) in [5.41, 5.74) is 1.64. The first-order chi connectivity index (χ1) is 10.2. The average molecular weight is 289 g/mol. The number of aliphatic hydroxyl groups is 1. The van der Waals surface area contributed by atoms with Crippen LogP contribution in [0.5, 0.6) is 0 Å². The maximum Gasteiger partial charge on any atom is 0.129 e. The molecule has 0 radical (unpaired) electrons. The minimum atomic E-state index is -0.767. The summed E-state index contributed by atoms with van der Waals surface area (Å²) in [6.45, 7) is 2.32. The highest BCUT2D eigenvalue weighted by Gasteiger charge is 2.23. The molecule has 0 bridgehead atoms. The zero-order valence-corrected chi connectivity index (χ0v) is 11.9. The van der Waals surface area contributed by atoms with Crippen LogP contribution in [0.2, 0.25) is 0 Å². The third-order valence-electron chi connectivity index (χ3n) is 4.27. The number of β-amino-alcohol motifs (C(OH)–C–C–N with tert-alkyl or cyclic N) is 1. The van der Waals surface area contributed by atoms with Gasteiger partial charge in [0, 0.05) is 18.3 Å². The van der Waals surface area contributed by atoms with Crippen LogP contribution >= 0.6 is 0 Å². The molecule has 112 valence electrons. The molecule has 0 amide bonds. The van der Waals surface area contributed by atoms with Crippen molar-refractivity contribution >= 4 is 0 Å². The highest BCUT2D eigenvalue weighted by atomic mass is 19.1. The fourth-order valence-electron chi connectivity index (χ4n) is 3.02. The minimum absolute atomic E-state index is 0.335. The van der Waals surface area contributed by atoms with E-state index in [0.29, 0.717) is 18.0 Å². The van der Waals surface area contributed by atoms with Crippen molar-refractivity contribution in [2.24, 2.45) is 0 Å². The van der Waals surface area contributed by atoms with Crippen LogP contribution in [0.4, 0.5) is 4.39 Å². The van der Waals surface area contributed by atoms with Crippen LogP contribution in [0.25, 0.3) is 0 Å². The SMILES string of the molecule is O[C@H](CN1CCC(c2cn[nH]c2)CC1)c1ccccc1F. The van der Waals surface area contributed by atoms with E-state index in [1.54, 1.807) is 18.2 Å². The number of nitrogens with one attached hydrogen (secondary N) is 1. The maximum absolute atomic E-state index is 13.7. The maximum atomic E-state index is 13.7. The number of piperidine rings is 1. The Labute approximate surface area is 123 Å². The summed E-state index contributed by atoms with van der Waals surface area (Å²) in [5, 5.41) is 17.1. The molecule has 2 heterocycles. The van der Waals surface area contributed by atoms with E-state index in [1.165, 1.54) is 11.6 Å². The number of halogens is 1. The molecule has 1 atom stereocenters. The van der Waals surface area contributed by atoms with Crippen molar-refractivity contribution in [3.63, 3.8) is 0 Å². The fraction of sp³-hybridized carbons (Fsp3) is 0.438. The van der Waals surface area contributed by atoms with Crippen molar-refractivity contribution in [2.45, 2.75) is 24.9 Å². The number of aromatic amines is 1. The van der Waals surface area contributed by atoms with Crippen LogP contribution in [0.1, 0.15) is 36.0 Å². The average Bonchev–Trinajstić information content (AvgIpc) is 3.02. The van der Waals surface area contributed by atoms with Crippen molar-refractivity contribution in [1.29, 1.82) is 0 Å².